The van der Waals surface area contributed by atoms with E-state index in [9.17, 15) is 10.1 Å². The van der Waals surface area contributed by atoms with Crippen molar-refractivity contribution in [1.29, 1.82) is 5.26 Å². The molecule has 1 amide bonds. The molecule has 1 aromatic carbocycles. The lowest BCUT2D eigenvalue weighted by molar-refractivity contribution is 0.0290. The van der Waals surface area contributed by atoms with Gasteiger partial charge in [0.2, 0.25) is 11.8 Å². The SMILES string of the molecule is CCC(CCN(C)C(=O)OC(C)(C)C)n1ncc2c(Oc3ccccc3C#N)nc(N)nc21. The smallest absolute Gasteiger partial charge is 0.410 e. The van der Waals surface area contributed by atoms with Crippen molar-refractivity contribution in [2.45, 2.75) is 52.2 Å². The lowest BCUT2D eigenvalue weighted by atomic mass is 10.1. The quantitative estimate of drug-likeness (QED) is 0.563. The first-order valence-electron chi connectivity index (χ1n) is 10.7. The van der Waals surface area contributed by atoms with Gasteiger partial charge in [-0.1, -0.05) is 19.1 Å². The predicted octanol–water partition coefficient (Wildman–Crippen LogP) is 4.28. The molecular weight excluding hydrogens is 422 g/mol. The highest BCUT2D eigenvalue weighted by atomic mass is 16.6. The molecule has 0 aliphatic heterocycles. The first kappa shape index (κ1) is 23.8. The highest BCUT2D eigenvalue weighted by Gasteiger charge is 2.23. The van der Waals surface area contributed by atoms with E-state index in [1.807, 2.05) is 27.7 Å². The van der Waals surface area contributed by atoms with Crippen molar-refractivity contribution >= 4 is 23.1 Å². The number of hydrogen-bond donors (Lipinski definition) is 1. The number of hydrogen-bond acceptors (Lipinski definition) is 8. The first-order valence-corrected chi connectivity index (χ1v) is 10.7. The Morgan fingerprint density at radius 3 is 2.70 bits per heavy atom. The molecule has 0 fully saturated rings. The number of carbonyl (C=O) groups excluding carboxylic acids is 1. The molecule has 2 aromatic heterocycles. The summed E-state index contributed by atoms with van der Waals surface area (Å²) in [6.45, 7) is 8.03. The summed E-state index contributed by atoms with van der Waals surface area (Å²) in [6, 6.07) is 8.94. The Kier molecular flexibility index (Phi) is 7.01. The van der Waals surface area contributed by atoms with Crippen molar-refractivity contribution in [3.63, 3.8) is 0 Å². The third-order valence-electron chi connectivity index (χ3n) is 4.97. The number of nitrogens with zero attached hydrogens (tertiary/aromatic N) is 6. The highest BCUT2D eigenvalue weighted by Crippen LogP contribution is 2.31. The van der Waals surface area contributed by atoms with Crippen LogP contribution in [-0.2, 0) is 4.74 Å². The Morgan fingerprint density at radius 1 is 1.30 bits per heavy atom. The second-order valence-corrected chi connectivity index (χ2v) is 8.68. The number of amides is 1. The van der Waals surface area contributed by atoms with Gasteiger partial charge in [-0.25, -0.2) is 9.48 Å². The third kappa shape index (κ3) is 5.68. The Labute approximate surface area is 192 Å². The zero-order chi connectivity index (χ0) is 24.2. The maximum atomic E-state index is 12.3. The molecule has 1 atom stereocenters. The van der Waals surface area contributed by atoms with E-state index in [4.69, 9.17) is 15.2 Å². The summed E-state index contributed by atoms with van der Waals surface area (Å²) in [7, 11) is 1.71. The normalized spacial score (nSPS) is 12.2. The van der Waals surface area contributed by atoms with Crippen LogP contribution in [0, 0.1) is 11.3 Å². The van der Waals surface area contributed by atoms with E-state index in [2.05, 4.69) is 21.1 Å². The molecule has 0 saturated heterocycles. The zero-order valence-electron chi connectivity index (χ0n) is 19.6. The number of benzene rings is 1. The van der Waals surface area contributed by atoms with Crippen molar-refractivity contribution in [2.24, 2.45) is 0 Å². The van der Waals surface area contributed by atoms with Crippen molar-refractivity contribution in [1.82, 2.24) is 24.6 Å². The summed E-state index contributed by atoms with van der Waals surface area (Å²) in [5, 5.41) is 14.4. The molecule has 1 unspecified atom stereocenters. The van der Waals surface area contributed by atoms with Gasteiger partial charge in [-0.3, -0.25) is 0 Å². The van der Waals surface area contributed by atoms with Gasteiger partial charge in [0.1, 0.15) is 22.8 Å². The minimum atomic E-state index is -0.553. The molecule has 0 bridgehead atoms. The van der Waals surface area contributed by atoms with Crippen molar-refractivity contribution < 1.29 is 14.3 Å². The highest BCUT2D eigenvalue weighted by molar-refractivity contribution is 5.81. The van der Waals surface area contributed by atoms with Gasteiger partial charge in [0.05, 0.1) is 17.8 Å². The standard InChI is InChI=1S/C23H29N7O3/c1-6-16(11-12-29(5)22(31)33-23(2,3)4)30-19-17(14-26-30)20(28-21(25)27-19)32-18-10-8-7-9-15(18)13-24/h7-10,14,16H,6,11-12H2,1-5H3,(H2,25,27,28). The van der Waals surface area contributed by atoms with Crippen LogP contribution in [0.1, 0.15) is 52.1 Å². The van der Waals surface area contributed by atoms with Gasteiger partial charge >= 0.3 is 6.09 Å². The van der Waals surface area contributed by atoms with Crippen LogP contribution in [-0.4, -0.2) is 49.9 Å². The summed E-state index contributed by atoms with van der Waals surface area (Å²) in [5.41, 5.74) is 6.32. The van der Waals surface area contributed by atoms with Gasteiger partial charge in [0, 0.05) is 13.6 Å². The Hall–Kier alpha value is -3.87. The van der Waals surface area contributed by atoms with E-state index in [0.29, 0.717) is 35.3 Å². The van der Waals surface area contributed by atoms with E-state index in [1.165, 1.54) is 0 Å². The van der Waals surface area contributed by atoms with E-state index in [0.717, 1.165) is 6.42 Å². The van der Waals surface area contributed by atoms with Gasteiger partial charge in [0.15, 0.2) is 5.65 Å². The number of rotatable bonds is 7. The molecule has 10 heteroatoms. The van der Waals surface area contributed by atoms with Crippen LogP contribution in [0.4, 0.5) is 10.7 Å². The van der Waals surface area contributed by atoms with Crippen LogP contribution in [0.15, 0.2) is 30.5 Å². The largest absolute Gasteiger partial charge is 0.444 e. The van der Waals surface area contributed by atoms with Crippen molar-refractivity contribution in [3.8, 4) is 17.7 Å². The topological polar surface area (TPSA) is 132 Å². The molecule has 3 rings (SSSR count). The predicted molar refractivity (Wildman–Crippen MR) is 124 cm³/mol. The van der Waals surface area contributed by atoms with Gasteiger partial charge in [-0.15, -0.1) is 0 Å². The number of nitrogen functional groups attached to an aromatic ring is 1. The number of aromatic nitrogens is 4. The van der Waals surface area contributed by atoms with Crippen molar-refractivity contribution in [3.05, 3.63) is 36.0 Å². The second kappa shape index (κ2) is 9.73. The number of fused-ring (bicyclic) bond motifs is 1. The average Bonchev–Trinajstić information content (AvgIpc) is 3.17. The molecule has 2 heterocycles. The molecule has 10 nitrogen and oxygen atoms in total. The van der Waals surface area contributed by atoms with Gasteiger partial charge in [-0.05, 0) is 45.7 Å². The lowest BCUT2D eigenvalue weighted by Gasteiger charge is -2.26. The second-order valence-electron chi connectivity index (χ2n) is 8.68. The van der Waals surface area contributed by atoms with Crippen LogP contribution >= 0.6 is 0 Å². The number of nitrogens with two attached hydrogens (primary N) is 1. The molecule has 33 heavy (non-hydrogen) atoms. The summed E-state index contributed by atoms with van der Waals surface area (Å²) in [4.78, 5) is 22.4. The molecule has 0 saturated carbocycles. The van der Waals surface area contributed by atoms with Crippen molar-refractivity contribution in [2.75, 3.05) is 19.3 Å². The van der Waals surface area contributed by atoms with Crippen LogP contribution in [0.2, 0.25) is 0 Å². The van der Waals surface area contributed by atoms with Gasteiger partial charge in [-0.2, -0.15) is 20.3 Å². The number of para-hydroxylation sites is 1. The molecule has 2 N–H and O–H groups in total. The van der Waals surface area contributed by atoms with Crippen LogP contribution < -0.4 is 10.5 Å². The Morgan fingerprint density at radius 2 is 2.03 bits per heavy atom. The fraction of sp³-hybridized carbons (Fsp3) is 0.435. The zero-order valence-corrected chi connectivity index (χ0v) is 19.6. The first-order chi connectivity index (χ1) is 15.6. The van der Waals surface area contributed by atoms with E-state index in [-0.39, 0.29) is 24.0 Å². The maximum absolute atomic E-state index is 12.3. The lowest BCUT2D eigenvalue weighted by Crippen LogP contribution is -2.35. The Balaban J connectivity index is 1.84. The van der Waals surface area contributed by atoms with Crippen LogP contribution in [0.5, 0.6) is 11.6 Å². The molecule has 0 aliphatic carbocycles. The van der Waals surface area contributed by atoms with Crippen LogP contribution in [0.25, 0.3) is 11.0 Å². The molecule has 0 aliphatic rings. The summed E-state index contributed by atoms with van der Waals surface area (Å²) in [6.07, 6.45) is 2.65. The molecule has 174 valence electrons. The molecule has 0 spiro atoms. The number of ether oxygens (including phenoxy) is 2. The Bertz CT molecular complexity index is 1180. The number of nitriles is 1. The monoisotopic (exact) mass is 451 g/mol. The summed E-state index contributed by atoms with van der Waals surface area (Å²) in [5.74, 6) is 0.639. The van der Waals surface area contributed by atoms with Crippen LogP contribution in [0.3, 0.4) is 0 Å². The number of carbonyl (C=O) groups is 1. The summed E-state index contributed by atoms with van der Waals surface area (Å²) < 4.78 is 13.1. The minimum absolute atomic E-state index is 0.0365. The minimum Gasteiger partial charge on any atom is -0.444 e. The molecule has 3 aromatic rings. The van der Waals surface area contributed by atoms with E-state index in [1.54, 1.807) is 47.1 Å². The summed E-state index contributed by atoms with van der Waals surface area (Å²) >= 11 is 0. The van der Waals surface area contributed by atoms with Gasteiger partial charge in [0.25, 0.3) is 0 Å². The maximum Gasteiger partial charge on any atom is 0.410 e. The third-order valence-corrected chi connectivity index (χ3v) is 4.97. The fourth-order valence-electron chi connectivity index (χ4n) is 3.29. The fourth-order valence-corrected chi connectivity index (χ4v) is 3.29. The van der Waals surface area contributed by atoms with Gasteiger partial charge < -0.3 is 20.1 Å². The number of anilines is 1. The molecular formula is C23H29N7O3. The van der Waals surface area contributed by atoms with E-state index >= 15 is 0 Å². The molecule has 0 radical (unpaired) electrons. The average molecular weight is 452 g/mol. The van der Waals surface area contributed by atoms with E-state index < -0.39 is 5.60 Å².